The van der Waals surface area contributed by atoms with E-state index in [1.165, 1.54) is 25.7 Å². The van der Waals surface area contributed by atoms with E-state index < -0.39 is 0 Å². The highest BCUT2D eigenvalue weighted by Gasteiger charge is 2.45. The van der Waals surface area contributed by atoms with Crippen molar-refractivity contribution in [2.75, 3.05) is 19.6 Å². The SMILES string of the molecule is O=C1CC[C@]2(CCCN(Cc3ccc(-c4ccn[nH]4)o3)C2)CN1C1CC1. The van der Waals surface area contributed by atoms with Crippen LogP contribution in [0.15, 0.2) is 28.8 Å². The van der Waals surface area contributed by atoms with Crippen LogP contribution in [-0.4, -0.2) is 51.6 Å². The molecule has 0 aromatic carbocycles. The largest absolute Gasteiger partial charge is 0.458 e. The number of amides is 1. The molecule has 1 aliphatic carbocycles. The number of likely N-dealkylation sites (tertiary alicyclic amines) is 2. The zero-order chi connectivity index (χ0) is 17.6. The summed E-state index contributed by atoms with van der Waals surface area (Å²) in [5.74, 6) is 2.22. The summed E-state index contributed by atoms with van der Waals surface area (Å²) in [5.41, 5.74) is 1.20. The minimum Gasteiger partial charge on any atom is -0.458 e. The summed E-state index contributed by atoms with van der Waals surface area (Å²) in [7, 11) is 0. The van der Waals surface area contributed by atoms with Gasteiger partial charge >= 0.3 is 0 Å². The van der Waals surface area contributed by atoms with Crippen molar-refractivity contribution in [3.8, 4) is 11.5 Å². The van der Waals surface area contributed by atoms with Crippen LogP contribution in [0.25, 0.3) is 11.5 Å². The lowest BCUT2D eigenvalue weighted by atomic mass is 9.73. The fourth-order valence-electron chi connectivity index (χ4n) is 4.76. The van der Waals surface area contributed by atoms with Crippen LogP contribution in [0.3, 0.4) is 0 Å². The Labute approximate surface area is 153 Å². The first kappa shape index (κ1) is 16.1. The summed E-state index contributed by atoms with van der Waals surface area (Å²) < 4.78 is 6.02. The van der Waals surface area contributed by atoms with E-state index in [1.807, 2.05) is 12.1 Å². The molecule has 2 saturated heterocycles. The second-order valence-corrected chi connectivity index (χ2v) is 8.30. The van der Waals surface area contributed by atoms with Crippen LogP contribution < -0.4 is 0 Å². The Kier molecular flexibility index (Phi) is 3.89. The van der Waals surface area contributed by atoms with Gasteiger partial charge in [-0.15, -0.1) is 0 Å². The normalized spacial score (nSPS) is 27.4. The van der Waals surface area contributed by atoms with Crippen molar-refractivity contribution in [3.63, 3.8) is 0 Å². The summed E-state index contributed by atoms with van der Waals surface area (Å²) >= 11 is 0. The molecule has 1 spiro atoms. The van der Waals surface area contributed by atoms with Crippen molar-refractivity contribution in [1.82, 2.24) is 20.0 Å². The summed E-state index contributed by atoms with van der Waals surface area (Å²) in [4.78, 5) is 17.0. The van der Waals surface area contributed by atoms with E-state index in [2.05, 4.69) is 26.1 Å². The molecule has 1 amide bonds. The number of aromatic amines is 1. The van der Waals surface area contributed by atoms with Gasteiger partial charge in [-0.1, -0.05) is 0 Å². The molecular weight excluding hydrogens is 328 g/mol. The Hall–Kier alpha value is -2.08. The van der Waals surface area contributed by atoms with Gasteiger partial charge in [0.25, 0.3) is 0 Å². The number of carbonyl (C=O) groups excluding carboxylic acids is 1. The van der Waals surface area contributed by atoms with Crippen LogP contribution in [0.1, 0.15) is 44.3 Å². The third-order valence-electron chi connectivity index (χ3n) is 6.23. The van der Waals surface area contributed by atoms with Crippen LogP contribution in [0.5, 0.6) is 0 Å². The van der Waals surface area contributed by atoms with E-state index in [1.54, 1.807) is 6.20 Å². The molecule has 3 aliphatic rings. The third kappa shape index (κ3) is 3.07. The third-order valence-corrected chi connectivity index (χ3v) is 6.23. The van der Waals surface area contributed by atoms with Crippen molar-refractivity contribution in [1.29, 1.82) is 0 Å². The predicted octanol–water partition coefficient (Wildman–Crippen LogP) is 3.04. The fraction of sp³-hybridized carbons (Fsp3) is 0.600. The van der Waals surface area contributed by atoms with Crippen molar-refractivity contribution in [2.45, 2.75) is 51.1 Å². The Morgan fingerprint density at radius 2 is 2.15 bits per heavy atom. The lowest BCUT2D eigenvalue weighted by molar-refractivity contribution is -0.140. The van der Waals surface area contributed by atoms with Gasteiger partial charge in [0.2, 0.25) is 5.91 Å². The Bertz CT molecular complexity index is 780. The quantitative estimate of drug-likeness (QED) is 0.916. The molecule has 0 bridgehead atoms. The van der Waals surface area contributed by atoms with Gasteiger partial charge in [0, 0.05) is 37.2 Å². The summed E-state index contributed by atoms with van der Waals surface area (Å²) in [6.45, 7) is 3.99. The van der Waals surface area contributed by atoms with E-state index in [0.717, 1.165) is 56.2 Å². The van der Waals surface area contributed by atoms with Gasteiger partial charge in [0.15, 0.2) is 5.76 Å². The zero-order valence-electron chi connectivity index (χ0n) is 15.1. The molecule has 1 N–H and O–H groups in total. The van der Waals surface area contributed by atoms with Gasteiger partial charge in [-0.25, -0.2) is 0 Å². The number of rotatable bonds is 4. The van der Waals surface area contributed by atoms with Crippen LogP contribution >= 0.6 is 0 Å². The molecule has 138 valence electrons. The number of carbonyl (C=O) groups is 1. The summed E-state index contributed by atoms with van der Waals surface area (Å²) in [5, 5.41) is 6.93. The molecule has 6 heteroatoms. The summed E-state index contributed by atoms with van der Waals surface area (Å²) in [6, 6.07) is 6.54. The first-order valence-electron chi connectivity index (χ1n) is 9.81. The van der Waals surface area contributed by atoms with Crippen molar-refractivity contribution >= 4 is 5.91 Å². The average molecular weight is 354 g/mol. The molecule has 2 aromatic heterocycles. The van der Waals surface area contributed by atoms with Crippen LogP contribution in [0, 0.1) is 5.41 Å². The van der Waals surface area contributed by atoms with E-state index >= 15 is 0 Å². The van der Waals surface area contributed by atoms with Crippen molar-refractivity contribution in [2.24, 2.45) is 5.41 Å². The summed E-state index contributed by atoms with van der Waals surface area (Å²) in [6.07, 6.45) is 8.38. The average Bonchev–Trinajstić information content (AvgIpc) is 3.14. The highest BCUT2D eigenvalue weighted by Crippen LogP contribution is 2.42. The molecule has 6 nitrogen and oxygen atoms in total. The highest BCUT2D eigenvalue weighted by molar-refractivity contribution is 5.78. The highest BCUT2D eigenvalue weighted by atomic mass is 16.3. The Balaban J connectivity index is 1.26. The van der Waals surface area contributed by atoms with Gasteiger partial charge in [0.1, 0.15) is 11.5 Å². The van der Waals surface area contributed by atoms with E-state index in [9.17, 15) is 4.79 Å². The number of nitrogens with one attached hydrogen (secondary N) is 1. The maximum absolute atomic E-state index is 12.3. The topological polar surface area (TPSA) is 65.4 Å². The predicted molar refractivity (Wildman–Crippen MR) is 97.2 cm³/mol. The molecule has 1 saturated carbocycles. The molecule has 4 heterocycles. The number of hydrogen-bond donors (Lipinski definition) is 1. The van der Waals surface area contributed by atoms with E-state index in [0.29, 0.717) is 11.9 Å². The van der Waals surface area contributed by atoms with Gasteiger partial charge in [-0.2, -0.15) is 5.10 Å². The number of piperidine rings is 2. The first-order chi connectivity index (χ1) is 12.7. The number of furan rings is 1. The van der Waals surface area contributed by atoms with E-state index in [-0.39, 0.29) is 5.41 Å². The van der Waals surface area contributed by atoms with Crippen LogP contribution in [0.2, 0.25) is 0 Å². The lowest BCUT2D eigenvalue weighted by Gasteiger charge is -2.48. The molecule has 0 radical (unpaired) electrons. The van der Waals surface area contributed by atoms with Crippen molar-refractivity contribution in [3.05, 3.63) is 30.2 Å². The maximum Gasteiger partial charge on any atom is 0.222 e. The van der Waals surface area contributed by atoms with Crippen LogP contribution in [0.4, 0.5) is 0 Å². The number of aromatic nitrogens is 2. The van der Waals surface area contributed by atoms with Gasteiger partial charge in [-0.3, -0.25) is 14.8 Å². The second-order valence-electron chi connectivity index (χ2n) is 8.30. The van der Waals surface area contributed by atoms with Crippen molar-refractivity contribution < 1.29 is 9.21 Å². The van der Waals surface area contributed by atoms with Gasteiger partial charge in [-0.05, 0) is 56.8 Å². The molecular formula is C20H26N4O2. The molecule has 26 heavy (non-hydrogen) atoms. The minimum atomic E-state index is 0.285. The molecule has 5 rings (SSSR count). The Morgan fingerprint density at radius 3 is 2.96 bits per heavy atom. The second kappa shape index (κ2) is 6.27. The minimum absolute atomic E-state index is 0.285. The fourth-order valence-corrected chi connectivity index (χ4v) is 4.76. The zero-order valence-corrected chi connectivity index (χ0v) is 15.1. The van der Waals surface area contributed by atoms with Gasteiger partial charge < -0.3 is 9.32 Å². The first-order valence-corrected chi connectivity index (χ1v) is 9.81. The molecule has 1 atom stereocenters. The van der Waals surface area contributed by atoms with E-state index in [4.69, 9.17) is 4.42 Å². The lowest BCUT2D eigenvalue weighted by Crippen LogP contribution is -2.54. The molecule has 0 unspecified atom stereocenters. The maximum atomic E-state index is 12.3. The van der Waals surface area contributed by atoms with Gasteiger partial charge in [0.05, 0.1) is 6.54 Å². The number of H-pyrrole nitrogens is 1. The van der Waals surface area contributed by atoms with Crippen LogP contribution in [-0.2, 0) is 11.3 Å². The number of nitrogens with zero attached hydrogens (tertiary/aromatic N) is 3. The number of hydrogen-bond acceptors (Lipinski definition) is 4. The smallest absolute Gasteiger partial charge is 0.222 e. The standard InChI is InChI=1S/C20H26N4O2/c25-19-6-9-20(14-24(19)15-2-3-15)8-1-11-23(13-20)12-16-4-5-18(26-16)17-7-10-21-22-17/h4-5,7,10,15H,1-3,6,8-9,11-14H2,(H,21,22)/t20-/m0/s1. The molecule has 2 aromatic rings. The monoisotopic (exact) mass is 354 g/mol. The molecule has 3 fully saturated rings. The molecule has 2 aliphatic heterocycles. The Morgan fingerprint density at radius 1 is 1.23 bits per heavy atom.